The van der Waals surface area contributed by atoms with Crippen LogP contribution in [0.1, 0.15) is 18.9 Å². The zero-order valence-corrected chi connectivity index (χ0v) is 29.2. The Morgan fingerprint density at radius 2 is 1.06 bits per heavy atom. The zero-order valence-electron chi connectivity index (χ0n) is 29.2. The first-order valence-electron chi connectivity index (χ1n) is 18.2. The molecular weight excluding hydrogens is 649 g/mol. The van der Waals surface area contributed by atoms with Gasteiger partial charge in [-0.3, -0.25) is 0 Å². The Bertz CT molecular complexity index is 2940. The maximum Gasteiger partial charge on any atom is 0.164 e. The third-order valence-electron chi connectivity index (χ3n) is 10.2. The fourth-order valence-corrected chi connectivity index (χ4v) is 7.61. The monoisotopic (exact) mass is 682 g/mol. The molecular formula is C48H34N4O. The van der Waals surface area contributed by atoms with Gasteiger partial charge in [0, 0.05) is 49.5 Å². The largest absolute Gasteiger partial charge is 0.455 e. The third-order valence-corrected chi connectivity index (χ3v) is 10.2. The number of hydrogen-bond acceptors (Lipinski definition) is 4. The van der Waals surface area contributed by atoms with Crippen LogP contribution in [-0.2, 0) is 6.42 Å². The van der Waals surface area contributed by atoms with E-state index in [2.05, 4.69) is 133 Å². The fourth-order valence-electron chi connectivity index (χ4n) is 7.61. The molecule has 0 aliphatic carbocycles. The molecule has 252 valence electrons. The van der Waals surface area contributed by atoms with Crippen LogP contribution in [0.15, 0.2) is 168 Å². The molecule has 0 atom stereocenters. The van der Waals surface area contributed by atoms with Crippen molar-refractivity contribution in [3.63, 3.8) is 0 Å². The molecule has 0 aliphatic heterocycles. The van der Waals surface area contributed by atoms with Crippen LogP contribution >= 0.6 is 0 Å². The number of nitrogens with zero attached hydrogens (tertiary/aromatic N) is 4. The van der Waals surface area contributed by atoms with Gasteiger partial charge in [0.25, 0.3) is 0 Å². The van der Waals surface area contributed by atoms with Crippen LogP contribution in [0.25, 0.3) is 94.7 Å². The number of aromatic nitrogens is 4. The molecule has 0 saturated carbocycles. The second-order valence-electron chi connectivity index (χ2n) is 13.5. The molecule has 0 fully saturated rings. The van der Waals surface area contributed by atoms with E-state index in [4.69, 9.17) is 19.4 Å². The van der Waals surface area contributed by atoms with Crippen molar-refractivity contribution in [2.75, 3.05) is 0 Å². The van der Waals surface area contributed by atoms with Crippen LogP contribution < -0.4 is 0 Å². The van der Waals surface area contributed by atoms with Gasteiger partial charge in [0.15, 0.2) is 17.5 Å². The number of rotatable bonds is 7. The SMILES string of the molecule is CCCc1ccc(-c2nc(-c3ccccc3)nc(-c3ccc(-n4c5ccccc5c5ccc(-c6cccc7c6oc6ccccc67)cc54)cc3)n2)cc1. The van der Waals surface area contributed by atoms with Crippen LogP contribution in [0.2, 0.25) is 0 Å². The topological polar surface area (TPSA) is 56.7 Å². The zero-order chi connectivity index (χ0) is 35.3. The Morgan fingerprint density at radius 3 is 1.79 bits per heavy atom. The van der Waals surface area contributed by atoms with E-state index < -0.39 is 0 Å². The van der Waals surface area contributed by atoms with Crippen molar-refractivity contribution in [3.05, 3.63) is 169 Å². The van der Waals surface area contributed by atoms with Crippen molar-refractivity contribution in [2.45, 2.75) is 19.8 Å². The first-order chi connectivity index (χ1) is 26.2. The van der Waals surface area contributed by atoms with Crippen molar-refractivity contribution in [1.29, 1.82) is 0 Å². The molecule has 7 aromatic carbocycles. The summed E-state index contributed by atoms with van der Waals surface area (Å²) in [6, 6.07) is 57.3. The molecule has 0 N–H and O–H groups in total. The van der Waals surface area contributed by atoms with Crippen LogP contribution in [0, 0.1) is 0 Å². The van der Waals surface area contributed by atoms with Crippen molar-refractivity contribution >= 4 is 43.7 Å². The van der Waals surface area contributed by atoms with Gasteiger partial charge in [-0.1, -0.05) is 135 Å². The van der Waals surface area contributed by atoms with Gasteiger partial charge in [-0.2, -0.15) is 0 Å². The second-order valence-corrected chi connectivity index (χ2v) is 13.5. The maximum absolute atomic E-state index is 6.44. The lowest BCUT2D eigenvalue weighted by Crippen LogP contribution is -2.00. The molecule has 0 spiro atoms. The summed E-state index contributed by atoms with van der Waals surface area (Å²) in [5.74, 6) is 1.96. The van der Waals surface area contributed by atoms with Gasteiger partial charge >= 0.3 is 0 Å². The fraction of sp³-hybridized carbons (Fsp3) is 0.0625. The molecule has 0 radical (unpaired) electrons. The maximum atomic E-state index is 6.44. The van der Waals surface area contributed by atoms with E-state index in [9.17, 15) is 0 Å². The molecule has 3 aromatic heterocycles. The van der Waals surface area contributed by atoms with Crippen molar-refractivity contribution in [1.82, 2.24) is 19.5 Å². The average Bonchev–Trinajstić information content (AvgIpc) is 3.77. The van der Waals surface area contributed by atoms with Crippen LogP contribution in [0.3, 0.4) is 0 Å². The molecule has 0 unspecified atom stereocenters. The lowest BCUT2D eigenvalue weighted by atomic mass is 10.0. The van der Waals surface area contributed by atoms with E-state index in [1.54, 1.807) is 0 Å². The van der Waals surface area contributed by atoms with Crippen LogP contribution in [0.5, 0.6) is 0 Å². The Kier molecular flexibility index (Phi) is 7.43. The van der Waals surface area contributed by atoms with Gasteiger partial charge in [-0.25, -0.2) is 15.0 Å². The molecule has 10 aromatic rings. The Morgan fingerprint density at radius 1 is 0.472 bits per heavy atom. The van der Waals surface area contributed by atoms with Gasteiger partial charge in [-0.05, 0) is 60.0 Å². The summed E-state index contributed by atoms with van der Waals surface area (Å²) in [5.41, 5.74) is 11.5. The quantitative estimate of drug-likeness (QED) is 0.168. The standard InChI is InChI=1S/C48H34N4O/c1-2-11-31-20-22-33(23-21-31)47-49-46(32-12-4-3-5-13-32)50-48(51-47)34-24-27-36(28-25-34)52-42-18-8-6-14-38(42)39-29-26-35(30-43(39)52)37-16-10-17-41-40-15-7-9-19-44(40)53-45(37)41/h3-10,12-30H,2,11H2,1H3. The van der Waals surface area contributed by atoms with Crippen molar-refractivity contribution < 1.29 is 4.42 Å². The molecule has 5 heteroatoms. The van der Waals surface area contributed by atoms with E-state index in [0.29, 0.717) is 17.5 Å². The molecule has 5 nitrogen and oxygen atoms in total. The van der Waals surface area contributed by atoms with E-state index in [1.165, 1.54) is 16.3 Å². The van der Waals surface area contributed by atoms with Crippen molar-refractivity contribution in [3.8, 4) is 51.0 Å². The summed E-state index contributed by atoms with van der Waals surface area (Å²) in [7, 11) is 0. The highest BCUT2D eigenvalue weighted by molar-refractivity contribution is 6.12. The van der Waals surface area contributed by atoms with Crippen LogP contribution in [0.4, 0.5) is 0 Å². The molecule has 0 amide bonds. The van der Waals surface area contributed by atoms with Gasteiger partial charge in [0.2, 0.25) is 0 Å². The van der Waals surface area contributed by atoms with E-state index >= 15 is 0 Å². The van der Waals surface area contributed by atoms with Gasteiger partial charge in [-0.15, -0.1) is 0 Å². The minimum atomic E-state index is 0.640. The first kappa shape index (κ1) is 30.9. The normalized spacial score (nSPS) is 11.6. The molecule has 0 aliphatic rings. The smallest absolute Gasteiger partial charge is 0.164 e. The van der Waals surface area contributed by atoms with Gasteiger partial charge < -0.3 is 8.98 Å². The highest BCUT2D eigenvalue weighted by Gasteiger charge is 2.17. The summed E-state index contributed by atoms with van der Waals surface area (Å²) in [6.07, 6.45) is 2.16. The molecule has 53 heavy (non-hydrogen) atoms. The van der Waals surface area contributed by atoms with Gasteiger partial charge in [0.1, 0.15) is 11.2 Å². The third kappa shape index (κ3) is 5.37. The average molecular weight is 683 g/mol. The predicted octanol–water partition coefficient (Wildman–Crippen LogP) is 12.5. The molecule has 10 rings (SSSR count). The minimum absolute atomic E-state index is 0.640. The number of para-hydroxylation sites is 3. The number of aryl methyl sites for hydroxylation is 1. The van der Waals surface area contributed by atoms with Crippen LogP contribution in [-0.4, -0.2) is 19.5 Å². The highest BCUT2D eigenvalue weighted by atomic mass is 16.3. The second kappa shape index (κ2) is 12.7. The van der Waals surface area contributed by atoms with Gasteiger partial charge in [0.05, 0.1) is 11.0 Å². The summed E-state index contributed by atoms with van der Waals surface area (Å²) in [5, 5.41) is 4.66. The Balaban J connectivity index is 1.09. The number of hydrogen-bond donors (Lipinski definition) is 0. The lowest BCUT2D eigenvalue weighted by molar-refractivity contribution is 0.670. The number of fused-ring (bicyclic) bond motifs is 6. The minimum Gasteiger partial charge on any atom is -0.455 e. The molecule has 0 bridgehead atoms. The van der Waals surface area contributed by atoms with E-state index in [0.717, 1.165) is 79.3 Å². The number of benzene rings is 7. The summed E-state index contributed by atoms with van der Waals surface area (Å²) in [4.78, 5) is 14.9. The Hall–Kier alpha value is -6.85. The predicted molar refractivity (Wildman–Crippen MR) is 217 cm³/mol. The molecule has 0 saturated heterocycles. The number of furan rings is 1. The van der Waals surface area contributed by atoms with E-state index in [1.807, 2.05) is 42.5 Å². The van der Waals surface area contributed by atoms with E-state index in [-0.39, 0.29) is 0 Å². The summed E-state index contributed by atoms with van der Waals surface area (Å²) < 4.78 is 8.79. The Labute approximate surface area is 306 Å². The summed E-state index contributed by atoms with van der Waals surface area (Å²) >= 11 is 0. The lowest BCUT2D eigenvalue weighted by Gasteiger charge is -2.11. The van der Waals surface area contributed by atoms with Crippen molar-refractivity contribution in [2.24, 2.45) is 0 Å². The first-order valence-corrected chi connectivity index (χ1v) is 18.2. The summed E-state index contributed by atoms with van der Waals surface area (Å²) in [6.45, 7) is 2.20. The molecule has 3 heterocycles. The highest BCUT2D eigenvalue weighted by Crippen LogP contribution is 2.39.